The van der Waals surface area contributed by atoms with Crippen LogP contribution in [0.1, 0.15) is 25.0 Å². The van der Waals surface area contributed by atoms with Crippen LogP contribution >= 0.6 is 11.3 Å². The number of anilines is 3. The zero-order valence-corrected chi connectivity index (χ0v) is 29.7. The molecule has 0 saturated heterocycles. The fraction of sp³-hybridized carbons (Fsp3) is 0.0612. The molecule has 8 aromatic carbocycles. The summed E-state index contributed by atoms with van der Waals surface area (Å²) in [7, 11) is 0. The molecule has 2 nitrogen and oxygen atoms in total. The molecule has 0 aliphatic heterocycles. The molecule has 0 amide bonds. The van der Waals surface area contributed by atoms with Gasteiger partial charge in [-0.2, -0.15) is 0 Å². The average Bonchev–Trinajstić information content (AvgIpc) is 3.82. The number of rotatable bonds is 4. The largest absolute Gasteiger partial charge is 0.456 e. The van der Waals surface area contributed by atoms with Crippen molar-refractivity contribution < 1.29 is 4.42 Å². The first-order valence-corrected chi connectivity index (χ1v) is 18.7. The molecule has 0 radical (unpaired) electrons. The molecule has 0 saturated carbocycles. The van der Waals surface area contributed by atoms with E-state index in [0.29, 0.717) is 0 Å². The van der Waals surface area contributed by atoms with E-state index in [-0.39, 0.29) is 5.41 Å². The van der Waals surface area contributed by atoms with Gasteiger partial charge in [0.25, 0.3) is 0 Å². The molecule has 246 valence electrons. The van der Waals surface area contributed by atoms with Crippen molar-refractivity contribution >= 4 is 81.3 Å². The molecule has 1 aliphatic carbocycles. The first-order valence-electron chi connectivity index (χ1n) is 17.9. The zero-order valence-electron chi connectivity index (χ0n) is 28.9. The van der Waals surface area contributed by atoms with Crippen LogP contribution in [0.15, 0.2) is 168 Å². The number of benzene rings is 8. The highest BCUT2D eigenvalue weighted by atomic mass is 32.1. The molecular weight excluding hydrogens is 651 g/mol. The Balaban J connectivity index is 1.25. The Kier molecular flexibility index (Phi) is 6.21. The Morgan fingerprint density at radius 1 is 0.481 bits per heavy atom. The minimum atomic E-state index is -0.137. The van der Waals surface area contributed by atoms with Gasteiger partial charge in [-0.25, -0.2) is 0 Å². The molecule has 0 N–H and O–H groups in total. The van der Waals surface area contributed by atoms with Crippen LogP contribution in [0.4, 0.5) is 17.1 Å². The molecule has 0 spiro atoms. The van der Waals surface area contributed by atoms with Crippen molar-refractivity contribution in [3.63, 3.8) is 0 Å². The normalized spacial score (nSPS) is 13.3. The van der Waals surface area contributed by atoms with Crippen molar-refractivity contribution in [2.75, 3.05) is 4.90 Å². The SMILES string of the molecule is CC1(C)c2ccccc2-c2ccc(N(c3ccc4c(c3)oc3ccccc34)c3ccc4sc5ccccc5c4c3-c3cccc4ccccc34)cc21. The second kappa shape index (κ2) is 10.9. The van der Waals surface area contributed by atoms with Gasteiger partial charge in [-0.3, -0.25) is 0 Å². The van der Waals surface area contributed by atoms with E-state index in [1.807, 2.05) is 17.4 Å². The van der Waals surface area contributed by atoms with Crippen molar-refractivity contribution in [3.05, 3.63) is 175 Å². The zero-order chi connectivity index (χ0) is 34.6. The molecule has 0 atom stereocenters. The van der Waals surface area contributed by atoms with E-state index in [9.17, 15) is 0 Å². The smallest absolute Gasteiger partial charge is 0.137 e. The fourth-order valence-corrected chi connectivity index (χ4v) is 9.93. The molecule has 1 aliphatic rings. The third-order valence-electron chi connectivity index (χ3n) is 11.3. The van der Waals surface area contributed by atoms with Crippen LogP contribution in [-0.2, 0) is 5.41 Å². The lowest BCUT2D eigenvalue weighted by Crippen LogP contribution is -2.17. The topological polar surface area (TPSA) is 16.4 Å². The van der Waals surface area contributed by atoms with Gasteiger partial charge in [-0.1, -0.05) is 123 Å². The number of hydrogen-bond donors (Lipinski definition) is 0. The molecule has 52 heavy (non-hydrogen) atoms. The highest BCUT2D eigenvalue weighted by Gasteiger charge is 2.36. The number of fused-ring (bicyclic) bond motifs is 10. The molecule has 10 aromatic rings. The van der Waals surface area contributed by atoms with E-state index in [0.717, 1.165) is 39.0 Å². The summed E-state index contributed by atoms with van der Waals surface area (Å²) in [4.78, 5) is 2.47. The van der Waals surface area contributed by atoms with E-state index in [1.54, 1.807) is 0 Å². The predicted octanol–water partition coefficient (Wildman–Crippen LogP) is 14.6. The molecule has 0 fully saturated rings. The van der Waals surface area contributed by atoms with Crippen molar-refractivity contribution in [1.29, 1.82) is 0 Å². The Labute approximate surface area is 305 Å². The van der Waals surface area contributed by atoms with Gasteiger partial charge in [0.1, 0.15) is 11.2 Å². The van der Waals surface area contributed by atoms with E-state index in [1.165, 1.54) is 64.3 Å². The lowest BCUT2D eigenvalue weighted by molar-refractivity contribution is 0.660. The van der Waals surface area contributed by atoms with Gasteiger partial charge in [0.15, 0.2) is 0 Å². The van der Waals surface area contributed by atoms with Crippen LogP contribution in [-0.4, -0.2) is 0 Å². The summed E-state index contributed by atoms with van der Waals surface area (Å²) >= 11 is 1.87. The number of hydrogen-bond acceptors (Lipinski definition) is 3. The minimum Gasteiger partial charge on any atom is -0.456 e. The molecule has 3 heteroatoms. The van der Waals surface area contributed by atoms with Gasteiger partial charge in [-0.15, -0.1) is 11.3 Å². The highest BCUT2D eigenvalue weighted by molar-refractivity contribution is 7.26. The Bertz CT molecular complexity index is 3060. The summed E-state index contributed by atoms with van der Waals surface area (Å²) < 4.78 is 9.11. The first kappa shape index (κ1) is 29.6. The first-order chi connectivity index (χ1) is 25.5. The molecule has 11 rings (SSSR count). The quantitative estimate of drug-likeness (QED) is 0.184. The lowest BCUT2D eigenvalue weighted by Gasteiger charge is -2.30. The average molecular weight is 684 g/mol. The summed E-state index contributed by atoms with van der Waals surface area (Å²) in [6, 6.07) is 60.0. The second-order valence-corrected chi connectivity index (χ2v) is 15.6. The third-order valence-corrected chi connectivity index (χ3v) is 12.4. The fourth-order valence-electron chi connectivity index (χ4n) is 8.82. The van der Waals surface area contributed by atoms with Gasteiger partial charge >= 0.3 is 0 Å². The van der Waals surface area contributed by atoms with Crippen LogP contribution in [0, 0.1) is 0 Å². The van der Waals surface area contributed by atoms with Crippen molar-refractivity contribution in [3.8, 4) is 22.3 Å². The number of nitrogens with zero attached hydrogens (tertiary/aromatic N) is 1. The van der Waals surface area contributed by atoms with E-state index in [2.05, 4.69) is 176 Å². The maximum atomic E-state index is 6.53. The number of para-hydroxylation sites is 1. The Hall–Kier alpha value is -6.16. The monoisotopic (exact) mass is 683 g/mol. The molecule has 2 aromatic heterocycles. The van der Waals surface area contributed by atoms with E-state index < -0.39 is 0 Å². The van der Waals surface area contributed by atoms with Crippen LogP contribution in [0.3, 0.4) is 0 Å². The second-order valence-electron chi connectivity index (χ2n) is 14.5. The summed E-state index contributed by atoms with van der Waals surface area (Å²) in [5.41, 5.74) is 12.8. The summed E-state index contributed by atoms with van der Waals surface area (Å²) in [6.07, 6.45) is 0. The molecule has 0 unspecified atom stereocenters. The third kappa shape index (κ3) is 4.17. The van der Waals surface area contributed by atoms with E-state index in [4.69, 9.17) is 4.42 Å². The molecular formula is C49H33NOS. The predicted molar refractivity (Wildman–Crippen MR) is 222 cm³/mol. The summed E-state index contributed by atoms with van der Waals surface area (Å²) in [6.45, 7) is 4.72. The van der Waals surface area contributed by atoms with Crippen LogP contribution < -0.4 is 4.90 Å². The van der Waals surface area contributed by atoms with Crippen LogP contribution in [0.25, 0.3) is 75.1 Å². The van der Waals surface area contributed by atoms with Gasteiger partial charge in [0.05, 0.1) is 5.69 Å². The van der Waals surface area contributed by atoms with Crippen LogP contribution in [0.5, 0.6) is 0 Å². The maximum absolute atomic E-state index is 6.53. The molecule has 2 heterocycles. The number of furan rings is 1. The minimum absolute atomic E-state index is 0.137. The van der Waals surface area contributed by atoms with Gasteiger partial charge in [0, 0.05) is 59.4 Å². The highest BCUT2D eigenvalue weighted by Crippen LogP contribution is 2.53. The molecule has 0 bridgehead atoms. The van der Waals surface area contributed by atoms with Crippen LogP contribution in [0.2, 0.25) is 0 Å². The number of thiophene rings is 1. The Morgan fingerprint density at radius 2 is 1.15 bits per heavy atom. The van der Waals surface area contributed by atoms with Gasteiger partial charge < -0.3 is 9.32 Å². The lowest BCUT2D eigenvalue weighted by atomic mass is 9.82. The van der Waals surface area contributed by atoms with Crippen molar-refractivity contribution in [2.45, 2.75) is 19.3 Å². The Morgan fingerprint density at radius 3 is 2.08 bits per heavy atom. The van der Waals surface area contributed by atoms with Gasteiger partial charge in [-0.05, 0) is 87.1 Å². The van der Waals surface area contributed by atoms with Gasteiger partial charge in [0.2, 0.25) is 0 Å². The summed E-state index contributed by atoms with van der Waals surface area (Å²) in [5.74, 6) is 0. The van der Waals surface area contributed by atoms with Crippen molar-refractivity contribution in [2.24, 2.45) is 0 Å². The van der Waals surface area contributed by atoms with Crippen molar-refractivity contribution in [1.82, 2.24) is 0 Å². The standard InChI is InChI=1S/C49H33NOS/c1-49(2)40-19-8-5-15-34(40)35-24-22-31(28-41(35)49)50(32-23-25-37-36-16-6-9-20-43(36)51-44(37)29-32)42-26-27-46-48(39-17-7-10-21-45(39)52-46)47(42)38-18-11-13-30-12-3-4-14-33(30)38/h3-29H,1-2H3. The summed E-state index contributed by atoms with van der Waals surface area (Å²) in [5, 5.41) is 7.30. The van der Waals surface area contributed by atoms with E-state index >= 15 is 0 Å². The maximum Gasteiger partial charge on any atom is 0.137 e.